The summed E-state index contributed by atoms with van der Waals surface area (Å²) in [5.41, 5.74) is 1.03. The van der Waals surface area contributed by atoms with Crippen LogP contribution in [0, 0.1) is 0 Å². The average molecular weight is 413 g/mol. The van der Waals surface area contributed by atoms with Gasteiger partial charge in [-0.1, -0.05) is 84.9 Å². The molecule has 0 aliphatic heterocycles. The van der Waals surface area contributed by atoms with Crippen LogP contribution < -0.4 is 20.4 Å². The molecule has 1 N–H and O–H groups in total. The standard InChI is InChI=1S/C26H24NO2P/c28-30(24-17-9-3-10-18-24,25-19-11-4-12-20-25)27-21-26(22-13-5-1-6-14-22)29-23-15-7-2-8-16-23/h1-20,26H,21H2,(H,27,28)/t26-/m0/s1. The van der Waals surface area contributed by atoms with Crippen molar-refractivity contribution >= 4 is 17.9 Å². The average Bonchev–Trinajstić information content (AvgIpc) is 2.84. The van der Waals surface area contributed by atoms with Gasteiger partial charge < -0.3 is 4.74 Å². The molecule has 1 atom stereocenters. The molecule has 0 saturated heterocycles. The van der Waals surface area contributed by atoms with E-state index in [1.165, 1.54) is 0 Å². The third kappa shape index (κ3) is 4.71. The van der Waals surface area contributed by atoms with Crippen LogP contribution in [0.3, 0.4) is 0 Å². The second-order valence-electron chi connectivity index (χ2n) is 6.97. The Bertz CT molecular complexity index is 1040. The molecule has 30 heavy (non-hydrogen) atoms. The molecule has 4 heteroatoms. The van der Waals surface area contributed by atoms with Gasteiger partial charge in [-0.3, -0.25) is 9.65 Å². The molecule has 4 aromatic carbocycles. The van der Waals surface area contributed by atoms with Gasteiger partial charge in [0.25, 0.3) is 0 Å². The fourth-order valence-electron chi connectivity index (χ4n) is 3.38. The van der Waals surface area contributed by atoms with E-state index >= 15 is 0 Å². The summed E-state index contributed by atoms with van der Waals surface area (Å²) in [7, 11) is -3.03. The minimum Gasteiger partial charge on any atom is -0.484 e. The zero-order valence-corrected chi connectivity index (χ0v) is 17.5. The maximum absolute atomic E-state index is 14.2. The molecular weight excluding hydrogens is 389 g/mol. The van der Waals surface area contributed by atoms with Gasteiger partial charge in [0.1, 0.15) is 11.9 Å². The summed E-state index contributed by atoms with van der Waals surface area (Å²) >= 11 is 0. The number of nitrogens with one attached hydrogen (secondary N) is 1. The van der Waals surface area contributed by atoms with Crippen LogP contribution in [0.25, 0.3) is 0 Å². The van der Waals surface area contributed by atoms with Gasteiger partial charge in [0.05, 0.1) is 0 Å². The highest BCUT2D eigenvalue weighted by molar-refractivity contribution is 7.76. The number of hydrogen-bond donors (Lipinski definition) is 1. The van der Waals surface area contributed by atoms with Crippen molar-refractivity contribution in [2.24, 2.45) is 0 Å². The largest absolute Gasteiger partial charge is 0.484 e. The third-order valence-corrected chi connectivity index (χ3v) is 7.61. The molecule has 0 aliphatic carbocycles. The summed E-state index contributed by atoms with van der Waals surface area (Å²) < 4.78 is 20.5. The van der Waals surface area contributed by atoms with E-state index in [0.29, 0.717) is 6.54 Å². The topological polar surface area (TPSA) is 38.3 Å². The smallest absolute Gasteiger partial charge is 0.204 e. The van der Waals surface area contributed by atoms with E-state index in [-0.39, 0.29) is 6.10 Å². The van der Waals surface area contributed by atoms with Crippen molar-refractivity contribution in [1.29, 1.82) is 0 Å². The van der Waals surface area contributed by atoms with Crippen molar-refractivity contribution in [1.82, 2.24) is 5.09 Å². The predicted molar refractivity (Wildman–Crippen MR) is 124 cm³/mol. The number of hydrogen-bond acceptors (Lipinski definition) is 2. The fourth-order valence-corrected chi connectivity index (χ4v) is 5.65. The third-order valence-electron chi connectivity index (χ3n) is 4.93. The van der Waals surface area contributed by atoms with Crippen LogP contribution in [0.1, 0.15) is 11.7 Å². The summed E-state index contributed by atoms with van der Waals surface area (Å²) in [6, 6.07) is 38.9. The SMILES string of the molecule is O=P(NC[C@H](Oc1ccccc1)c1ccccc1)(c1ccccc1)c1ccccc1. The van der Waals surface area contributed by atoms with E-state index < -0.39 is 7.29 Å². The lowest BCUT2D eigenvalue weighted by Crippen LogP contribution is -2.32. The number of para-hydroxylation sites is 1. The van der Waals surface area contributed by atoms with Crippen LogP contribution in [-0.4, -0.2) is 6.54 Å². The Hall–Kier alpha value is -3.13. The van der Waals surface area contributed by atoms with Crippen molar-refractivity contribution in [2.75, 3.05) is 6.54 Å². The molecule has 0 aliphatic rings. The van der Waals surface area contributed by atoms with Gasteiger partial charge in [-0.25, -0.2) is 0 Å². The Morgan fingerprint density at radius 2 is 1.07 bits per heavy atom. The summed E-state index contributed by atoms with van der Waals surface area (Å²) in [6.07, 6.45) is -0.283. The lowest BCUT2D eigenvalue weighted by atomic mass is 10.1. The summed E-state index contributed by atoms with van der Waals surface area (Å²) in [6.45, 7) is 0.403. The van der Waals surface area contributed by atoms with Gasteiger partial charge >= 0.3 is 0 Å². The van der Waals surface area contributed by atoms with Gasteiger partial charge in [0.2, 0.25) is 7.29 Å². The van der Waals surface area contributed by atoms with Gasteiger partial charge in [0, 0.05) is 17.2 Å². The second-order valence-corrected chi connectivity index (χ2v) is 9.54. The Kier molecular flexibility index (Phi) is 6.44. The normalized spacial score (nSPS) is 12.3. The predicted octanol–water partition coefficient (Wildman–Crippen LogP) is 5.33. The monoisotopic (exact) mass is 413 g/mol. The first-order chi connectivity index (χ1) is 14.8. The first-order valence-corrected chi connectivity index (χ1v) is 11.7. The molecule has 150 valence electrons. The summed E-state index contributed by atoms with van der Waals surface area (Å²) in [5, 5.41) is 4.94. The Labute approximate surface area is 177 Å². The summed E-state index contributed by atoms with van der Waals surface area (Å²) in [4.78, 5) is 0. The lowest BCUT2D eigenvalue weighted by molar-refractivity contribution is 0.209. The zero-order valence-electron chi connectivity index (χ0n) is 16.6. The molecule has 0 fully saturated rings. The van der Waals surface area contributed by atoms with Crippen LogP contribution in [0.2, 0.25) is 0 Å². The number of benzene rings is 4. The van der Waals surface area contributed by atoms with E-state index in [2.05, 4.69) is 5.09 Å². The molecule has 3 nitrogen and oxygen atoms in total. The molecule has 0 radical (unpaired) electrons. The molecule has 4 aromatic rings. The van der Waals surface area contributed by atoms with Crippen molar-refractivity contribution < 1.29 is 9.30 Å². The maximum atomic E-state index is 14.2. The highest BCUT2D eigenvalue weighted by Crippen LogP contribution is 2.39. The van der Waals surface area contributed by atoms with E-state index in [1.807, 2.05) is 121 Å². The number of ether oxygens (including phenoxy) is 1. The highest BCUT2D eigenvalue weighted by atomic mass is 31.2. The molecule has 4 rings (SSSR count). The van der Waals surface area contributed by atoms with Crippen LogP contribution in [0.4, 0.5) is 0 Å². The van der Waals surface area contributed by atoms with Gasteiger partial charge in [-0.2, -0.15) is 0 Å². The molecule has 0 amide bonds. The Balaban J connectivity index is 1.65. The van der Waals surface area contributed by atoms with Crippen LogP contribution in [0.15, 0.2) is 121 Å². The maximum Gasteiger partial charge on any atom is 0.204 e. The quantitative estimate of drug-likeness (QED) is 0.397. The van der Waals surface area contributed by atoms with Crippen molar-refractivity contribution in [2.45, 2.75) is 6.10 Å². The minimum absolute atomic E-state index is 0.283. The zero-order chi connectivity index (χ0) is 20.7. The Morgan fingerprint density at radius 1 is 0.633 bits per heavy atom. The van der Waals surface area contributed by atoms with Crippen molar-refractivity contribution in [3.63, 3.8) is 0 Å². The molecule has 0 saturated carbocycles. The van der Waals surface area contributed by atoms with E-state index in [0.717, 1.165) is 21.9 Å². The summed E-state index contributed by atoms with van der Waals surface area (Å²) in [5.74, 6) is 0.780. The van der Waals surface area contributed by atoms with Crippen LogP contribution >= 0.6 is 7.29 Å². The molecular formula is C26H24NO2P. The molecule has 0 aromatic heterocycles. The van der Waals surface area contributed by atoms with Crippen LogP contribution in [0.5, 0.6) is 5.75 Å². The number of rotatable bonds is 8. The van der Waals surface area contributed by atoms with E-state index in [1.54, 1.807) is 0 Å². The van der Waals surface area contributed by atoms with Gasteiger partial charge in [-0.05, 0) is 42.0 Å². The molecule has 0 heterocycles. The molecule has 0 unspecified atom stereocenters. The lowest BCUT2D eigenvalue weighted by Gasteiger charge is -2.25. The molecule has 0 bridgehead atoms. The second kappa shape index (κ2) is 9.58. The van der Waals surface area contributed by atoms with Crippen LogP contribution in [-0.2, 0) is 4.57 Å². The van der Waals surface area contributed by atoms with Gasteiger partial charge in [0.15, 0.2) is 0 Å². The first kappa shape index (κ1) is 20.2. The molecule has 0 spiro atoms. The Morgan fingerprint density at radius 3 is 1.57 bits per heavy atom. The fraction of sp³-hybridized carbons (Fsp3) is 0.0769. The van der Waals surface area contributed by atoms with Crippen molar-refractivity contribution in [3.8, 4) is 5.75 Å². The first-order valence-electron chi connectivity index (χ1n) is 9.99. The van der Waals surface area contributed by atoms with E-state index in [9.17, 15) is 4.57 Å². The highest BCUT2D eigenvalue weighted by Gasteiger charge is 2.28. The van der Waals surface area contributed by atoms with Gasteiger partial charge in [-0.15, -0.1) is 0 Å². The van der Waals surface area contributed by atoms with E-state index in [4.69, 9.17) is 4.74 Å². The minimum atomic E-state index is -3.03. The van der Waals surface area contributed by atoms with Crippen molar-refractivity contribution in [3.05, 3.63) is 127 Å².